The van der Waals surface area contributed by atoms with Crippen LogP contribution in [0.4, 0.5) is 10.9 Å². The number of nitrogens with zero attached hydrogens (tertiary/aromatic N) is 2. The highest BCUT2D eigenvalue weighted by Gasteiger charge is 2.30. The quantitative estimate of drug-likeness (QED) is 0.896. The van der Waals surface area contributed by atoms with Crippen molar-refractivity contribution in [3.63, 3.8) is 0 Å². The van der Waals surface area contributed by atoms with Gasteiger partial charge in [-0.3, -0.25) is 4.79 Å². The Kier molecular flexibility index (Phi) is 4.76. The van der Waals surface area contributed by atoms with Gasteiger partial charge in [0.25, 0.3) is 5.91 Å². The average Bonchev–Trinajstić information content (AvgIpc) is 2.77. The van der Waals surface area contributed by atoms with E-state index in [-0.39, 0.29) is 5.91 Å². The number of thiazole rings is 1. The topological polar surface area (TPSA) is 71.2 Å². The van der Waals surface area contributed by atoms with Gasteiger partial charge in [-0.25, -0.2) is 4.98 Å². The van der Waals surface area contributed by atoms with Gasteiger partial charge in [0.2, 0.25) is 0 Å². The minimum absolute atomic E-state index is 0.0260. The standard InChI is InChI=1S/C15H26N4OS/c1-10(2)9-17-14-18-12(16)11(21-14)13(20)19-7-5-15(3,4)6-8-19/h10H,5-9,16H2,1-4H3,(H,17,18). The molecule has 0 aromatic carbocycles. The molecule has 5 nitrogen and oxygen atoms in total. The predicted octanol–water partition coefficient (Wildman–Crippen LogP) is 3.06. The predicted molar refractivity (Wildman–Crippen MR) is 88.8 cm³/mol. The van der Waals surface area contributed by atoms with Crippen molar-refractivity contribution in [2.45, 2.75) is 40.5 Å². The Balaban J connectivity index is 2.02. The van der Waals surface area contributed by atoms with Crippen LogP contribution in [0.15, 0.2) is 0 Å². The van der Waals surface area contributed by atoms with Crippen molar-refractivity contribution in [3.8, 4) is 0 Å². The van der Waals surface area contributed by atoms with E-state index in [2.05, 4.69) is 38.0 Å². The highest BCUT2D eigenvalue weighted by molar-refractivity contribution is 7.18. The van der Waals surface area contributed by atoms with E-state index in [4.69, 9.17) is 5.73 Å². The van der Waals surface area contributed by atoms with Crippen LogP contribution < -0.4 is 11.1 Å². The molecule has 1 aliphatic heterocycles. The summed E-state index contributed by atoms with van der Waals surface area (Å²) in [5.74, 6) is 0.901. The Morgan fingerprint density at radius 2 is 2.05 bits per heavy atom. The molecule has 0 saturated carbocycles. The van der Waals surface area contributed by atoms with Gasteiger partial charge < -0.3 is 16.0 Å². The summed E-state index contributed by atoms with van der Waals surface area (Å²) in [4.78, 5) is 19.3. The molecule has 1 fully saturated rings. The number of amides is 1. The molecule has 2 rings (SSSR count). The molecule has 3 N–H and O–H groups in total. The van der Waals surface area contributed by atoms with Crippen molar-refractivity contribution in [1.82, 2.24) is 9.88 Å². The number of carbonyl (C=O) groups is 1. The summed E-state index contributed by atoms with van der Waals surface area (Å²) in [6.07, 6.45) is 2.08. The zero-order chi connectivity index (χ0) is 15.6. The first kappa shape index (κ1) is 16.1. The lowest BCUT2D eigenvalue weighted by Gasteiger charge is -2.36. The van der Waals surface area contributed by atoms with Crippen LogP contribution in [0.5, 0.6) is 0 Å². The summed E-state index contributed by atoms with van der Waals surface area (Å²) in [6.45, 7) is 11.2. The smallest absolute Gasteiger partial charge is 0.267 e. The van der Waals surface area contributed by atoms with Crippen molar-refractivity contribution in [3.05, 3.63) is 4.88 Å². The Labute approximate surface area is 130 Å². The van der Waals surface area contributed by atoms with E-state index in [9.17, 15) is 4.79 Å². The summed E-state index contributed by atoms with van der Waals surface area (Å²) < 4.78 is 0. The van der Waals surface area contributed by atoms with Gasteiger partial charge in [0.15, 0.2) is 5.13 Å². The van der Waals surface area contributed by atoms with Gasteiger partial charge in [-0.15, -0.1) is 0 Å². The molecule has 0 atom stereocenters. The lowest BCUT2D eigenvalue weighted by atomic mass is 9.82. The van der Waals surface area contributed by atoms with E-state index in [0.29, 0.717) is 22.0 Å². The molecule has 0 aliphatic carbocycles. The number of aromatic nitrogens is 1. The van der Waals surface area contributed by atoms with Gasteiger partial charge in [-0.05, 0) is 24.2 Å². The van der Waals surface area contributed by atoms with Crippen LogP contribution in [-0.4, -0.2) is 35.4 Å². The fourth-order valence-electron chi connectivity index (χ4n) is 2.31. The maximum absolute atomic E-state index is 12.6. The van der Waals surface area contributed by atoms with Gasteiger partial charge in [0.1, 0.15) is 10.7 Å². The summed E-state index contributed by atoms with van der Waals surface area (Å²) in [6, 6.07) is 0. The van der Waals surface area contributed by atoms with Crippen LogP contribution in [0.2, 0.25) is 0 Å². The van der Waals surface area contributed by atoms with E-state index in [1.165, 1.54) is 11.3 Å². The fourth-order valence-corrected chi connectivity index (χ4v) is 3.17. The number of hydrogen-bond donors (Lipinski definition) is 2. The third-order valence-electron chi connectivity index (χ3n) is 3.91. The number of likely N-dealkylation sites (tertiary alicyclic amines) is 1. The number of nitrogens with two attached hydrogens (primary N) is 1. The molecular weight excluding hydrogens is 284 g/mol. The lowest BCUT2D eigenvalue weighted by molar-refractivity contribution is 0.0636. The summed E-state index contributed by atoms with van der Waals surface area (Å²) in [5, 5.41) is 3.97. The molecule has 21 heavy (non-hydrogen) atoms. The van der Waals surface area contributed by atoms with Crippen molar-refractivity contribution < 1.29 is 4.79 Å². The third kappa shape index (κ3) is 4.09. The number of hydrogen-bond acceptors (Lipinski definition) is 5. The van der Waals surface area contributed by atoms with Crippen molar-refractivity contribution in [2.24, 2.45) is 11.3 Å². The SMILES string of the molecule is CC(C)CNc1nc(N)c(C(=O)N2CCC(C)(C)CC2)s1. The zero-order valence-electron chi connectivity index (χ0n) is 13.4. The largest absolute Gasteiger partial charge is 0.382 e. The van der Waals surface area contributed by atoms with Gasteiger partial charge in [-0.1, -0.05) is 39.0 Å². The zero-order valence-corrected chi connectivity index (χ0v) is 14.2. The summed E-state index contributed by atoms with van der Waals surface area (Å²) >= 11 is 1.36. The number of carbonyl (C=O) groups excluding carboxylic acids is 1. The number of nitrogens with one attached hydrogen (secondary N) is 1. The van der Waals surface area contributed by atoms with Crippen LogP contribution >= 0.6 is 11.3 Å². The molecule has 1 aliphatic rings. The molecule has 1 aromatic rings. The first-order valence-electron chi connectivity index (χ1n) is 7.58. The Morgan fingerprint density at radius 1 is 1.43 bits per heavy atom. The molecular formula is C15H26N4OS. The second-order valence-electron chi connectivity index (χ2n) is 6.96. The minimum atomic E-state index is 0.0260. The second kappa shape index (κ2) is 6.22. The van der Waals surface area contributed by atoms with E-state index >= 15 is 0 Å². The number of nitrogen functional groups attached to an aromatic ring is 1. The fraction of sp³-hybridized carbons (Fsp3) is 0.733. The van der Waals surface area contributed by atoms with Crippen molar-refractivity contribution in [2.75, 3.05) is 30.7 Å². The van der Waals surface area contributed by atoms with Gasteiger partial charge in [0.05, 0.1) is 0 Å². The van der Waals surface area contributed by atoms with Crippen LogP contribution in [0, 0.1) is 11.3 Å². The Bertz CT molecular complexity index is 500. The van der Waals surface area contributed by atoms with Crippen LogP contribution in [-0.2, 0) is 0 Å². The molecule has 0 bridgehead atoms. The molecule has 1 amide bonds. The van der Waals surface area contributed by atoms with Crippen LogP contribution in [0.3, 0.4) is 0 Å². The maximum atomic E-state index is 12.6. The van der Waals surface area contributed by atoms with E-state index in [0.717, 1.165) is 37.6 Å². The second-order valence-corrected chi connectivity index (χ2v) is 7.96. The number of rotatable bonds is 4. The summed E-state index contributed by atoms with van der Waals surface area (Å²) in [5.41, 5.74) is 6.25. The van der Waals surface area contributed by atoms with Crippen LogP contribution in [0.25, 0.3) is 0 Å². The normalized spacial score (nSPS) is 18.0. The van der Waals surface area contributed by atoms with Crippen LogP contribution in [0.1, 0.15) is 50.2 Å². The lowest BCUT2D eigenvalue weighted by Crippen LogP contribution is -2.41. The van der Waals surface area contributed by atoms with Gasteiger partial charge in [-0.2, -0.15) is 0 Å². The monoisotopic (exact) mass is 310 g/mol. The first-order chi connectivity index (χ1) is 9.78. The van der Waals surface area contributed by atoms with E-state index < -0.39 is 0 Å². The summed E-state index contributed by atoms with van der Waals surface area (Å²) in [7, 11) is 0. The Hall–Kier alpha value is -1.30. The van der Waals surface area contributed by atoms with E-state index in [1.807, 2.05) is 4.90 Å². The number of anilines is 2. The van der Waals surface area contributed by atoms with Crippen molar-refractivity contribution >= 4 is 28.2 Å². The molecule has 2 heterocycles. The third-order valence-corrected chi connectivity index (χ3v) is 4.93. The maximum Gasteiger partial charge on any atom is 0.267 e. The molecule has 6 heteroatoms. The molecule has 118 valence electrons. The highest BCUT2D eigenvalue weighted by atomic mass is 32.1. The Morgan fingerprint density at radius 3 is 2.62 bits per heavy atom. The van der Waals surface area contributed by atoms with Gasteiger partial charge in [0, 0.05) is 19.6 Å². The molecule has 1 aromatic heterocycles. The molecule has 0 radical (unpaired) electrons. The van der Waals surface area contributed by atoms with Gasteiger partial charge >= 0.3 is 0 Å². The highest BCUT2D eigenvalue weighted by Crippen LogP contribution is 2.32. The minimum Gasteiger partial charge on any atom is -0.382 e. The molecule has 0 unspecified atom stereocenters. The van der Waals surface area contributed by atoms with Crippen molar-refractivity contribution in [1.29, 1.82) is 0 Å². The first-order valence-corrected chi connectivity index (χ1v) is 8.39. The molecule has 1 saturated heterocycles. The van der Waals surface area contributed by atoms with E-state index in [1.54, 1.807) is 0 Å². The molecule has 0 spiro atoms. The number of piperidine rings is 1. The average molecular weight is 310 g/mol.